The summed E-state index contributed by atoms with van der Waals surface area (Å²) in [5.41, 5.74) is 1.05. The summed E-state index contributed by atoms with van der Waals surface area (Å²) in [7, 11) is 0. The summed E-state index contributed by atoms with van der Waals surface area (Å²) in [5, 5.41) is 12.2. The van der Waals surface area contributed by atoms with Crippen LogP contribution < -0.4 is 0 Å². The number of hydrogen-bond acceptors (Lipinski definition) is 2. The van der Waals surface area contributed by atoms with Crippen molar-refractivity contribution in [2.24, 2.45) is 0 Å². The Morgan fingerprint density at radius 1 is 1.47 bits per heavy atom. The second-order valence-electron chi connectivity index (χ2n) is 3.53. The van der Waals surface area contributed by atoms with Crippen LogP contribution in [0.25, 0.3) is 6.08 Å². The molecule has 0 aliphatic rings. The van der Waals surface area contributed by atoms with E-state index < -0.39 is 18.7 Å². The molecule has 0 spiro atoms. The summed E-state index contributed by atoms with van der Waals surface area (Å²) in [6.07, 6.45) is -2.24. The first-order valence-electron chi connectivity index (χ1n) is 4.72. The van der Waals surface area contributed by atoms with Crippen LogP contribution in [0.5, 0.6) is 0 Å². The first-order chi connectivity index (χ1) is 7.70. The third-order valence-electron chi connectivity index (χ3n) is 2.16. The van der Waals surface area contributed by atoms with Crippen LogP contribution in [0.15, 0.2) is 6.08 Å². The Bertz CT molecular complexity index is 461. The van der Waals surface area contributed by atoms with Gasteiger partial charge in [-0.1, -0.05) is 0 Å². The second kappa shape index (κ2) is 4.60. The molecule has 0 aromatic carbocycles. The lowest BCUT2D eigenvalue weighted by atomic mass is 10.2. The predicted octanol–water partition coefficient (Wildman–Crippen LogP) is 2.16. The monoisotopic (exact) mass is 248 g/mol. The number of carboxylic acid groups (broad SMARTS) is 1. The zero-order chi connectivity index (χ0) is 13.2. The Kier molecular flexibility index (Phi) is 3.59. The van der Waals surface area contributed by atoms with Crippen LogP contribution in [-0.4, -0.2) is 27.0 Å². The molecule has 0 fully saturated rings. The van der Waals surface area contributed by atoms with Crippen LogP contribution in [0, 0.1) is 13.8 Å². The van der Waals surface area contributed by atoms with Crippen LogP contribution in [0.1, 0.15) is 17.0 Å². The second-order valence-corrected chi connectivity index (χ2v) is 3.53. The lowest BCUT2D eigenvalue weighted by Crippen LogP contribution is -2.19. The van der Waals surface area contributed by atoms with Crippen molar-refractivity contribution in [3.8, 4) is 0 Å². The van der Waals surface area contributed by atoms with Gasteiger partial charge in [0, 0.05) is 17.3 Å². The van der Waals surface area contributed by atoms with Gasteiger partial charge in [-0.05, 0) is 19.9 Å². The summed E-state index contributed by atoms with van der Waals surface area (Å²) in [4.78, 5) is 10.3. The molecule has 1 aromatic rings. The lowest BCUT2D eigenvalue weighted by molar-refractivity contribution is -0.143. The summed E-state index contributed by atoms with van der Waals surface area (Å²) >= 11 is 0. The maximum absolute atomic E-state index is 12.2. The number of aliphatic carboxylic acids is 1. The Morgan fingerprint density at radius 2 is 2.06 bits per heavy atom. The molecule has 4 nitrogen and oxygen atoms in total. The highest BCUT2D eigenvalue weighted by Crippen LogP contribution is 2.21. The standard InChI is InChI=1S/C10H11F3N2O2/c1-6-8(3-4-9(16)17)7(2)15(14-6)5-10(11,12)13/h3-4H,5H2,1-2H3,(H,16,17). The van der Waals surface area contributed by atoms with Crippen molar-refractivity contribution in [3.05, 3.63) is 23.0 Å². The van der Waals surface area contributed by atoms with Crippen LogP contribution in [0.4, 0.5) is 13.2 Å². The zero-order valence-corrected chi connectivity index (χ0v) is 9.25. The fourth-order valence-electron chi connectivity index (χ4n) is 1.43. The first-order valence-corrected chi connectivity index (χ1v) is 4.72. The number of hydrogen-bond donors (Lipinski definition) is 1. The fraction of sp³-hybridized carbons (Fsp3) is 0.400. The summed E-state index contributed by atoms with van der Waals surface area (Å²) in [6, 6.07) is 0. The molecule has 0 saturated carbocycles. The quantitative estimate of drug-likeness (QED) is 0.834. The molecule has 0 saturated heterocycles. The molecule has 0 aliphatic heterocycles. The van der Waals surface area contributed by atoms with Crippen molar-refractivity contribution >= 4 is 12.0 Å². The van der Waals surface area contributed by atoms with Gasteiger partial charge in [0.05, 0.1) is 5.69 Å². The van der Waals surface area contributed by atoms with Crippen LogP contribution in [0.2, 0.25) is 0 Å². The highest BCUT2D eigenvalue weighted by molar-refractivity contribution is 5.85. The van der Waals surface area contributed by atoms with E-state index in [1.165, 1.54) is 19.9 Å². The van der Waals surface area contributed by atoms with Crippen molar-refractivity contribution in [2.75, 3.05) is 0 Å². The number of alkyl halides is 3. The minimum atomic E-state index is -4.35. The molecule has 0 atom stereocenters. The van der Waals surface area contributed by atoms with Crippen molar-refractivity contribution in [1.82, 2.24) is 9.78 Å². The SMILES string of the molecule is Cc1nn(CC(F)(F)F)c(C)c1C=CC(=O)O. The van der Waals surface area contributed by atoms with Gasteiger partial charge in [0.1, 0.15) is 6.54 Å². The maximum Gasteiger partial charge on any atom is 0.408 e. The molecule has 1 aromatic heterocycles. The molecular weight excluding hydrogens is 237 g/mol. The number of aromatic nitrogens is 2. The Hall–Kier alpha value is -1.79. The van der Waals surface area contributed by atoms with Gasteiger partial charge < -0.3 is 5.11 Å². The Labute approximate surface area is 95.4 Å². The van der Waals surface area contributed by atoms with Crippen LogP contribution in [-0.2, 0) is 11.3 Å². The third-order valence-corrected chi connectivity index (χ3v) is 2.16. The van der Waals surface area contributed by atoms with Gasteiger partial charge in [0.15, 0.2) is 0 Å². The van der Waals surface area contributed by atoms with E-state index in [0.717, 1.165) is 10.8 Å². The highest BCUT2D eigenvalue weighted by Gasteiger charge is 2.29. The molecule has 17 heavy (non-hydrogen) atoms. The first kappa shape index (κ1) is 13.3. The van der Waals surface area contributed by atoms with E-state index in [4.69, 9.17) is 5.11 Å². The Morgan fingerprint density at radius 3 is 2.53 bits per heavy atom. The molecule has 0 bridgehead atoms. The van der Waals surface area contributed by atoms with Gasteiger partial charge in [0.25, 0.3) is 0 Å². The molecule has 94 valence electrons. The molecule has 1 N–H and O–H groups in total. The largest absolute Gasteiger partial charge is 0.478 e. The number of rotatable bonds is 3. The average molecular weight is 248 g/mol. The minimum Gasteiger partial charge on any atom is -0.478 e. The topological polar surface area (TPSA) is 55.1 Å². The molecule has 7 heteroatoms. The van der Waals surface area contributed by atoms with Gasteiger partial charge in [-0.3, -0.25) is 4.68 Å². The number of carbonyl (C=O) groups is 1. The molecular formula is C10H11F3N2O2. The van der Waals surface area contributed by atoms with Crippen molar-refractivity contribution in [1.29, 1.82) is 0 Å². The number of carboxylic acids is 1. The van der Waals surface area contributed by atoms with E-state index >= 15 is 0 Å². The average Bonchev–Trinajstić information content (AvgIpc) is 2.37. The molecule has 1 heterocycles. The smallest absolute Gasteiger partial charge is 0.408 e. The molecule has 1 rings (SSSR count). The van der Waals surface area contributed by atoms with Gasteiger partial charge in [-0.25, -0.2) is 4.79 Å². The van der Waals surface area contributed by atoms with Crippen molar-refractivity contribution in [2.45, 2.75) is 26.6 Å². The van der Waals surface area contributed by atoms with E-state index in [1.807, 2.05) is 0 Å². The molecule has 0 aliphatic carbocycles. The third kappa shape index (κ3) is 3.61. The van der Waals surface area contributed by atoms with Crippen LogP contribution >= 0.6 is 0 Å². The number of aryl methyl sites for hydroxylation is 1. The zero-order valence-electron chi connectivity index (χ0n) is 9.25. The molecule has 0 unspecified atom stereocenters. The normalized spacial score (nSPS) is 12.3. The summed E-state index contributed by atoms with van der Waals surface area (Å²) in [6.45, 7) is 1.81. The molecule has 0 amide bonds. The maximum atomic E-state index is 12.2. The van der Waals surface area contributed by atoms with Gasteiger partial charge in [0.2, 0.25) is 0 Å². The summed E-state index contributed by atoms with van der Waals surface area (Å²) in [5.74, 6) is -1.16. The number of halogens is 3. The van der Waals surface area contributed by atoms with E-state index in [1.54, 1.807) is 0 Å². The Balaban J connectivity index is 3.06. The predicted molar refractivity (Wildman–Crippen MR) is 54.4 cm³/mol. The van der Waals surface area contributed by atoms with E-state index in [0.29, 0.717) is 11.3 Å². The molecule has 0 radical (unpaired) electrons. The van der Waals surface area contributed by atoms with E-state index in [-0.39, 0.29) is 5.69 Å². The van der Waals surface area contributed by atoms with E-state index in [9.17, 15) is 18.0 Å². The van der Waals surface area contributed by atoms with Crippen LogP contribution in [0.3, 0.4) is 0 Å². The highest BCUT2D eigenvalue weighted by atomic mass is 19.4. The van der Waals surface area contributed by atoms with Crippen molar-refractivity contribution in [3.63, 3.8) is 0 Å². The fourth-order valence-corrected chi connectivity index (χ4v) is 1.43. The van der Waals surface area contributed by atoms with Gasteiger partial charge in [-0.15, -0.1) is 0 Å². The van der Waals surface area contributed by atoms with Gasteiger partial charge in [-0.2, -0.15) is 18.3 Å². The van der Waals surface area contributed by atoms with E-state index in [2.05, 4.69) is 5.10 Å². The number of nitrogens with zero attached hydrogens (tertiary/aromatic N) is 2. The summed E-state index contributed by atoms with van der Waals surface area (Å²) < 4.78 is 37.4. The van der Waals surface area contributed by atoms with Gasteiger partial charge >= 0.3 is 12.1 Å². The minimum absolute atomic E-state index is 0.289. The van der Waals surface area contributed by atoms with Crippen molar-refractivity contribution < 1.29 is 23.1 Å². The lowest BCUT2D eigenvalue weighted by Gasteiger charge is -2.07.